The Kier molecular flexibility index (Phi) is 3.33. The summed E-state index contributed by atoms with van der Waals surface area (Å²) in [4.78, 5) is 14.2. The van der Waals surface area contributed by atoms with Crippen LogP contribution in [-0.4, -0.2) is 15.0 Å². The number of pyridine rings is 1. The van der Waals surface area contributed by atoms with Gasteiger partial charge in [-0.05, 0) is 29.8 Å². The molecule has 0 N–H and O–H groups in total. The summed E-state index contributed by atoms with van der Waals surface area (Å²) in [5.74, 6) is 0. The summed E-state index contributed by atoms with van der Waals surface area (Å²) in [5, 5.41) is 3.83. The largest absolute Gasteiger partial charge is 0.255 e. The number of halogens is 1. The molecule has 0 aliphatic heterocycles. The SMILES string of the molecule is Clc1cccc(-c2csc3ncnc(-c4ccccn4)c23)c1. The van der Waals surface area contributed by atoms with Crippen molar-refractivity contribution >= 4 is 33.2 Å². The van der Waals surface area contributed by atoms with Crippen molar-refractivity contribution < 1.29 is 0 Å². The molecule has 5 heteroatoms. The minimum absolute atomic E-state index is 0.716. The average Bonchev–Trinajstić information content (AvgIpc) is 3.00. The first-order valence-corrected chi connectivity index (χ1v) is 7.98. The number of hydrogen-bond donors (Lipinski definition) is 0. The lowest BCUT2D eigenvalue weighted by Gasteiger charge is -2.05. The predicted octanol–water partition coefficient (Wildman–Crippen LogP) is 5.07. The zero-order valence-corrected chi connectivity index (χ0v) is 13.0. The first-order valence-electron chi connectivity index (χ1n) is 6.72. The molecule has 0 saturated carbocycles. The van der Waals surface area contributed by atoms with Gasteiger partial charge in [0.2, 0.25) is 0 Å². The third-order valence-electron chi connectivity index (χ3n) is 3.41. The van der Waals surface area contributed by atoms with E-state index >= 15 is 0 Å². The molecule has 0 amide bonds. The zero-order chi connectivity index (χ0) is 14.9. The van der Waals surface area contributed by atoms with Crippen LogP contribution >= 0.6 is 22.9 Å². The number of hydrogen-bond acceptors (Lipinski definition) is 4. The smallest absolute Gasteiger partial charge is 0.127 e. The van der Waals surface area contributed by atoms with Crippen molar-refractivity contribution in [2.45, 2.75) is 0 Å². The highest BCUT2D eigenvalue weighted by atomic mass is 35.5. The highest BCUT2D eigenvalue weighted by molar-refractivity contribution is 7.17. The van der Waals surface area contributed by atoms with Crippen LogP contribution in [0.2, 0.25) is 5.02 Å². The van der Waals surface area contributed by atoms with E-state index in [1.54, 1.807) is 23.9 Å². The van der Waals surface area contributed by atoms with Crippen molar-refractivity contribution in [3.05, 3.63) is 65.4 Å². The molecule has 106 valence electrons. The van der Waals surface area contributed by atoms with Crippen LogP contribution in [0.4, 0.5) is 0 Å². The molecule has 0 fully saturated rings. The van der Waals surface area contributed by atoms with Gasteiger partial charge in [-0.15, -0.1) is 11.3 Å². The number of fused-ring (bicyclic) bond motifs is 1. The molecule has 3 aromatic heterocycles. The van der Waals surface area contributed by atoms with E-state index in [9.17, 15) is 0 Å². The van der Waals surface area contributed by atoms with Gasteiger partial charge in [-0.1, -0.05) is 29.8 Å². The molecule has 3 nitrogen and oxygen atoms in total. The number of nitrogens with zero attached hydrogens (tertiary/aromatic N) is 3. The van der Waals surface area contributed by atoms with Crippen molar-refractivity contribution in [2.75, 3.05) is 0 Å². The Hall–Kier alpha value is -2.30. The summed E-state index contributed by atoms with van der Waals surface area (Å²) >= 11 is 7.73. The Labute approximate surface area is 136 Å². The Morgan fingerprint density at radius 3 is 2.73 bits per heavy atom. The predicted molar refractivity (Wildman–Crippen MR) is 91.1 cm³/mol. The standard InChI is InChI=1S/C17H10ClN3S/c18-12-5-3-4-11(8-12)13-9-22-17-15(13)16(20-10-21-17)14-6-1-2-7-19-14/h1-10H. The van der Waals surface area contributed by atoms with E-state index in [0.717, 1.165) is 32.7 Å². The fourth-order valence-corrected chi connectivity index (χ4v) is 3.55. The topological polar surface area (TPSA) is 38.7 Å². The second-order valence-corrected chi connectivity index (χ2v) is 6.07. The van der Waals surface area contributed by atoms with Crippen molar-refractivity contribution in [2.24, 2.45) is 0 Å². The van der Waals surface area contributed by atoms with E-state index in [2.05, 4.69) is 20.3 Å². The maximum absolute atomic E-state index is 6.13. The molecule has 0 bridgehead atoms. The molecular formula is C17H10ClN3S. The normalized spacial score (nSPS) is 11.0. The fourth-order valence-electron chi connectivity index (χ4n) is 2.44. The van der Waals surface area contributed by atoms with E-state index in [1.807, 2.05) is 42.5 Å². The number of rotatable bonds is 2. The Morgan fingerprint density at radius 1 is 0.955 bits per heavy atom. The van der Waals surface area contributed by atoms with Gasteiger partial charge in [0.05, 0.1) is 5.69 Å². The van der Waals surface area contributed by atoms with Crippen LogP contribution < -0.4 is 0 Å². The molecule has 1 aromatic carbocycles. The first-order chi connectivity index (χ1) is 10.8. The minimum atomic E-state index is 0.716. The Balaban J connectivity index is 2.02. The van der Waals surface area contributed by atoms with E-state index in [1.165, 1.54) is 0 Å². The van der Waals surface area contributed by atoms with E-state index in [0.29, 0.717) is 5.02 Å². The van der Waals surface area contributed by atoms with E-state index < -0.39 is 0 Å². The molecule has 0 spiro atoms. The fraction of sp³-hybridized carbons (Fsp3) is 0. The lowest BCUT2D eigenvalue weighted by atomic mass is 10.0. The van der Waals surface area contributed by atoms with Gasteiger partial charge in [0.25, 0.3) is 0 Å². The van der Waals surface area contributed by atoms with Crippen molar-refractivity contribution in [1.82, 2.24) is 15.0 Å². The number of thiophene rings is 1. The number of aromatic nitrogens is 3. The zero-order valence-electron chi connectivity index (χ0n) is 11.4. The summed E-state index contributed by atoms with van der Waals surface area (Å²) in [6.07, 6.45) is 3.36. The molecule has 3 heterocycles. The van der Waals surface area contributed by atoms with Crippen molar-refractivity contribution in [3.8, 4) is 22.5 Å². The first kappa shape index (κ1) is 13.4. The quantitative estimate of drug-likeness (QED) is 0.516. The van der Waals surface area contributed by atoms with Gasteiger partial charge in [0.1, 0.15) is 16.9 Å². The molecule has 0 saturated heterocycles. The second-order valence-electron chi connectivity index (χ2n) is 4.78. The lowest BCUT2D eigenvalue weighted by Crippen LogP contribution is -1.90. The van der Waals surface area contributed by atoms with Gasteiger partial charge in [0.15, 0.2) is 0 Å². The highest BCUT2D eigenvalue weighted by Crippen LogP contribution is 2.38. The van der Waals surface area contributed by atoms with Crippen LogP contribution in [0.25, 0.3) is 32.7 Å². The van der Waals surface area contributed by atoms with E-state index in [4.69, 9.17) is 11.6 Å². The summed E-state index contributed by atoms with van der Waals surface area (Å²) in [6.45, 7) is 0. The van der Waals surface area contributed by atoms with Crippen LogP contribution in [0.3, 0.4) is 0 Å². The molecule has 4 rings (SSSR count). The Bertz CT molecular complexity index is 950. The summed E-state index contributed by atoms with van der Waals surface area (Å²) < 4.78 is 0. The third-order valence-corrected chi connectivity index (χ3v) is 4.53. The van der Waals surface area contributed by atoms with Gasteiger partial charge in [-0.3, -0.25) is 4.98 Å². The van der Waals surface area contributed by atoms with Crippen LogP contribution in [0, 0.1) is 0 Å². The maximum Gasteiger partial charge on any atom is 0.127 e. The summed E-state index contributed by atoms with van der Waals surface area (Å²) in [5.41, 5.74) is 3.84. The average molecular weight is 324 g/mol. The minimum Gasteiger partial charge on any atom is -0.255 e. The second kappa shape index (κ2) is 5.48. The van der Waals surface area contributed by atoms with Gasteiger partial charge in [-0.2, -0.15) is 0 Å². The maximum atomic E-state index is 6.13. The molecule has 0 atom stereocenters. The molecule has 0 aliphatic rings. The van der Waals surface area contributed by atoms with Crippen molar-refractivity contribution in [3.63, 3.8) is 0 Å². The molecule has 0 radical (unpaired) electrons. The molecule has 0 unspecified atom stereocenters. The summed E-state index contributed by atoms with van der Waals surface area (Å²) in [6, 6.07) is 13.6. The van der Waals surface area contributed by atoms with Gasteiger partial charge < -0.3 is 0 Å². The lowest BCUT2D eigenvalue weighted by molar-refractivity contribution is 1.20. The van der Waals surface area contributed by atoms with Crippen LogP contribution in [0.5, 0.6) is 0 Å². The van der Waals surface area contributed by atoms with Gasteiger partial charge >= 0.3 is 0 Å². The third kappa shape index (κ3) is 2.26. The van der Waals surface area contributed by atoms with Gasteiger partial charge in [-0.25, -0.2) is 9.97 Å². The molecular weight excluding hydrogens is 314 g/mol. The monoisotopic (exact) mass is 323 g/mol. The van der Waals surface area contributed by atoms with Crippen molar-refractivity contribution in [1.29, 1.82) is 0 Å². The summed E-state index contributed by atoms with van der Waals surface area (Å²) in [7, 11) is 0. The Morgan fingerprint density at radius 2 is 1.91 bits per heavy atom. The van der Waals surface area contributed by atoms with Crippen LogP contribution in [0.1, 0.15) is 0 Å². The van der Waals surface area contributed by atoms with Gasteiger partial charge in [0, 0.05) is 27.5 Å². The molecule has 4 aromatic rings. The highest BCUT2D eigenvalue weighted by Gasteiger charge is 2.15. The van der Waals surface area contributed by atoms with Crippen LogP contribution in [0.15, 0.2) is 60.4 Å². The van der Waals surface area contributed by atoms with Crippen LogP contribution in [-0.2, 0) is 0 Å². The molecule has 0 aliphatic carbocycles. The van der Waals surface area contributed by atoms with E-state index in [-0.39, 0.29) is 0 Å². The number of benzene rings is 1. The molecule has 22 heavy (non-hydrogen) atoms.